The van der Waals surface area contributed by atoms with Gasteiger partial charge in [0.05, 0.1) is 19.4 Å². The third kappa shape index (κ3) is 2.60. The number of aromatic nitrogens is 1. The average molecular weight is 330 g/mol. The molecule has 118 valence electrons. The molecule has 0 aliphatic carbocycles. The highest BCUT2D eigenvalue weighted by Crippen LogP contribution is 2.33. The van der Waals surface area contributed by atoms with Gasteiger partial charge in [-0.3, -0.25) is 4.79 Å². The van der Waals surface area contributed by atoms with Crippen molar-refractivity contribution in [3.8, 4) is 16.9 Å². The molecule has 0 amide bonds. The number of halogens is 1. The van der Waals surface area contributed by atoms with Crippen molar-refractivity contribution >= 4 is 22.4 Å². The van der Waals surface area contributed by atoms with Gasteiger partial charge >= 0.3 is 0 Å². The van der Waals surface area contributed by atoms with Gasteiger partial charge in [-0.1, -0.05) is 23.7 Å². The van der Waals surface area contributed by atoms with E-state index < -0.39 is 0 Å². The van der Waals surface area contributed by atoms with E-state index in [-0.39, 0.29) is 12.2 Å². The highest BCUT2D eigenvalue weighted by Gasteiger charge is 2.16. The Balaban J connectivity index is 2.43. The lowest BCUT2D eigenvalue weighted by atomic mass is 9.97. The zero-order valence-corrected chi connectivity index (χ0v) is 13.6. The van der Waals surface area contributed by atoms with Gasteiger partial charge in [-0.2, -0.15) is 0 Å². The van der Waals surface area contributed by atoms with Gasteiger partial charge in [0.1, 0.15) is 5.75 Å². The van der Waals surface area contributed by atoms with Gasteiger partial charge < -0.3 is 14.4 Å². The summed E-state index contributed by atoms with van der Waals surface area (Å²) in [6.45, 7) is -0.241. The second kappa shape index (κ2) is 6.07. The molecule has 5 heteroatoms. The van der Waals surface area contributed by atoms with Crippen LogP contribution in [0.25, 0.3) is 21.9 Å². The van der Waals surface area contributed by atoms with E-state index in [4.69, 9.17) is 16.3 Å². The maximum absolute atomic E-state index is 12.5. The molecule has 0 saturated heterocycles. The zero-order chi connectivity index (χ0) is 16.6. The van der Waals surface area contributed by atoms with Crippen molar-refractivity contribution in [2.24, 2.45) is 7.05 Å². The standard InChI is InChI=1S/C18H16ClNO3/c1-20-16(10-21)17(11-3-6-13(23-2)7-4-11)15-9-12(19)5-8-14(15)18(20)22/h3-9,21H,10H2,1-2H3. The lowest BCUT2D eigenvalue weighted by molar-refractivity contribution is 0.272. The van der Waals surface area contributed by atoms with Crippen LogP contribution in [-0.2, 0) is 13.7 Å². The van der Waals surface area contributed by atoms with Crippen LogP contribution in [0, 0.1) is 0 Å². The molecular formula is C18H16ClNO3. The van der Waals surface area contributed by atoms with Crippen LogP contribution in [0.4, 0.5) is 0 Å². The molecule has 23 heavy (non-hydrogen) atoms. The van der Waals surface area contributed by atoms with E-state index in [9.17, 15) is 9.90 Å². The van der Waals surface area contributed by atoms with Crippen LogP contribution in [0.5, 0.6) is 5.75 Å². The van der Waals surface area contributed by atoms with Crippen molar-refractivity contribution in [1.29, 1.82) is 0 Å². The number of aliphatic hydroxyl groups is 1. The normalized spacial score (nSPS) is 11.0. The van der Waals surface area contributed by atoms with E-state index in [0.717, 1.165) is 22.3 Å². The Labute approximate surface area is 138 Å². The Hall–Kier alpha value is -2.30. The fraction of sp³-hybridized carbons (Fsp3) is 0.167. The van der Waals surface area contributed by atoms with Gasteiger partial charge in [0.15, 0.2) is 0 Å². The number of fused-ring (bicyclic) bond motifs is 1. The highest BCUT2D eigenvalue weighted by atomic mass is 35.5. The number of aliphatic hydroxyl groups excluding tert-OH is 1. The van der Waals surface area contributed by atoms with E-state index in [0.29, 0.717) is 16.1 Å². The van der Waals surface area contributed by atoms with Gasteiger partial charge in [0.2, 0.25) is 0 Å². The molecule has 0 fully saturated rings. The molecular weight excluding hydrogens is 314 g/mol. The number of pyridine rings is 1. The molecule has 0 atom stereocenters. The molecule has 4 nitrogen and oxygen atoms in total. The summed E-state index contributed by atoms with van der Waals surface area (Å²) in [6, 6.07) is 12.7. The molecule has 0 spiro atoms. The molecule has 1 heterocycles. The number of rotatable bonds is 3. The summed E-state index contributed by atoms with van der Waals surface area (Å²) in [4.78, 5) is 12.5. The molecule has 1 N–H and O–H groups in total. The minimum atomic E-state index is -0.241. The van der Waals surface area contributed by atoms with Crippen LogP contribution in [0.15, 0.2) is 47.3 Å². The summed E-state index contributed by atoms with van der Waals surface area (Å²) in [7, 11) is 3.27. The molecule has 0 radical (unpaired) electrons. The van der Waals surface area contributed by atoms with Crippen molar-refractivity contribution < 1.29 is 9.84 Å². The zero-order valence-electron chi connectivity index (χ0n) is 12.8. The second-order valence-corrected chi connectivity index (χ2v) is 5.70. The fourth-order valence-electron chi connectivity index (χ4n) is 2.80. The lowest BCUT2D eigenvalue weighted by Gasteiger charge is -2.16. The number of methoxy groups -OCH3 is 1. The first-order valence-corrected chi connectivity index (χ1v) is 7.51. The van der Waals surface area contributed by atoms with Gasteiger partial charge in [-0.25, -0.2) is 0 Å². The molecule has 0 bridgehead atoms. The maximum atomic E-state index is 12.5. The number of hydrogen-bond acceptors (Lipinski definition) is 3. The summed E-state index contributed by atoms with van der Waals surface area (Å²) in [5.74, 6) is 0.742. The number of hydrogen-bond donors (Lipinski definition) is 1. The maximum Gasteiger partial charge on any atom is 0.258 e. The Morgan fingerprint density at radius 1 is 1.13 bits per heavy atom. The molecule has 3 rings (SSSR count). The molecule has 0 saturated carbocycles. The molecule has 0 aliphatic rings. The van der Waals surface area contributed by atoms with Gasteiger partial charge in [-0.15, -0.1) is 0 Å². The van der Waals surface area contributed by atoms with Gasteiger partial charge in [0.25, 0.3) is 5.56 Å². The van der Waals surface area contributed by atoms with Crippen LogP contribution >= 0.6 is 11.6 Å². The number of ether oxygens (including phenoxy) is 1. The van der Waals surface area contributed by atoms with Crippen LogP contribution in [0.2, 0.25) is 5.02 Å². The first-order chi connectivity index (χ1) is 11.1. The Kier molecular flexibility index (Phi) is 4.11. The monoisotopic (exact) mass is 329 g/mol. The third-order valence-corrected chi connectivity index (χ3v) is 4.24. The Bertz CT molecular complexity index is 930. The third-order valence-electron chi connectivity index (χ3n) is 4.01. The Morgan fingerprint density at radius 2 is 1.83 bits per heavy atom. The average Bonchev–Trinajstić information content (AvgIpc) is 2.58. The summed E-state index contributed by atoms with van der Waals surface area (Å²) < 4.78 is 6.67. The van der Waals surface area contributed by atoms with E-state index in [1.807, 2.05) is 24.3 Å². The first-order valence-electron chi connectivity index (χ1n) is 7.13. The largest absolute Gasteiger partial charge is 0.497 e. The molecule has 1 aromatic heterocycles. The highest BCUT2D eigenvalue weighted by molar-refractivity contribution is 6.31. The van der Waals surface area contributed by atoms with Crippen LogP contribution in [0.1, 0.15) is 5.69 Å². The minimum Gasteiger partial charge on any atom is -0.497 e. The predicted molar refractivity (Wildman–Crippen MR) is 92.1 cm³/mol. The summed E-state index contributed by atoms with van der Waals surface area (Å²) in [5, 5.41) is 11.6. The van der Waals surface area contributed by atoms with Crippen molar-refractivity contribution in [2.75, 3.05) is 7.11 Å². The molecule has 0 aliphatic heterocycles. The topological polar surface area (TPSA) is 51.5 Å². The van der Waals surface area contributed by atoms with Crippen LogP contribution in [0.3, 0.4) is 0 Å². The molecule has 2 aromatic carbocycles. The number of benzene rings is 2. The SMILES string of the molecule is COc1ccc(-c2c(CO)n(C)c(=O)c3ccc(Cl)cc23)cc1. The quantitative estimate of drug-likeness (QED) is 0.801. The summed E-state index contributed by atoms with van der Waals surface area (Å²) in [6.07, 6.45) is 0. The first kappa shape index (κ1) is 15.6. The van der Waals surface area contributed by atoms with Gasteiger partial charge in [0, 0.05) is 23.0 Å². The molecule has 0 unspecified atom stereocenters. The fourth-order valence-corrected chi connectivity index (χ4v) is 2.97. The van der Waals surface area contributed by atoms with Crippen molar-refractivity contribution in [3.05, 3.63) is 63.5 Å². The minimum absolute atomic E-state index is 0.155. The van der Waals surface area contributed by atoms with Crippen LogP contribution in [-0.4, -0.2) is 16.8 Å². The lowest BCUT2D eigenvalue weighted by Crippen LogP contribution is -2.22. The second-order valence-electron chi connectivity index (χ2n) is 5.26. The Morgan fingerprint density at radius 3 is 2.43 bits per heavy atom. The van der Waals surface area contributed by atoms with Crippen LogP contribution < -0.4 is 10.3 Å². The van der Waals surface area contributed by atoms with E-state index in [2.05, 4.69) is 0 Å². The summed E-state index contributed by atoms with van der Waals surface area (Å²) in [5.41, 5.74) is 2.08. The van der Waals surface area contributed by atoms with E-state index >= 15 is 0 Å². The van der Waals surface area contributed by atoms with Gasteiger partial charge in [-0.05, 0) is 41.3 Å². The smallest absolute Gasteiger partial charge is 0.258 e. The predicted octanol–water partition coefficient (Wildman–Crippen LogP) is 3.36. The van der Waals surface area contributed by atoms with E-state index in [1.54, 1.807) is 32.4 Å². The summed E-state index contributed by atoms with van der Waals surface area (Å²) >= 11 is 6.12. The van der Waals surface area contributed by atoms with E-state index in [1.165, 1.54) is 4.57 Å². The molecule has 3 aromatic rings. The number of nitrogens with zero attached hydrogens (tertiary/aromatic N) is 1. The van der Waals surface area contributed by atoms with Crippen molar-refractivity contribution in [2.45, 2.75) is 6.61 Å². The van der Waals surface area contributed by atoms with Crippen molar-refractivity contribution in [1.82, 2.24) is 4.57 Å². The van der Waals surface area contributed by atoms with Crippen molar-refractivity contribution in [3.63, 3.8) is 0 Å².